The summed E-state index contributed by atoms with van der Waals surface area (Å²) in [6, 6.07) is -0.143. The fourth-order valence-corrected chi connectivity index (χ4v) is 2.55. The molecule has 2 atom stereocenters. The first kappa shape index (κ1) is 17.0. The standard InChI is InChI=1S/C15H28N2O3/c1-11(10-14(19)16-9-8-12(2)18)17-15(20)13-6-4-3-5-7-13/h11-13,18H,3-10H2,1-2H3,(H,16,19)(H,17,20). The number of nitrogens with one attached hydrogen (secondary N) is 2. The zero-order chi connectivity index (χ0) is 15.0. The summed E-state index contributed by atoms with van der Waals surface area (Å²) in [4.78, 5) is 23.7. The second kappa shape index (κ2) is 8.95. The predicted molar refractivity (Wildman–Crippen MR) is 78.1 cm³/mol. The van der Waals surface area contributed by atoms with Crippen LogP contribution in [0.3, 0.4) is 0 Å². The van der Waals surface area contributed by atoms with E-state index in [0.717, 1.165) is 25.7 Å². The Bertz CT molecular complexity index is 312. The van der Waals surface area contributed by atoms with Crippen molar-refractivity contribution in [2.75, 3.05) is 6.54 Å². The van der Waals surface area contributed by atoms with Gasteiger partial charge in [0.05, 0.1) is 6.10 Å². The summed E-state index contributed by atoms with van der Waals surface area (Å²) in [5.74, 6) is 0.139. The third-order valence-electron chi connectivity index (χ3n) is 3.74. The van der Waals surface area contributed by atoms with E-state index in [0.29, 0.717) is 13.0 Å². The molecular weight excluding hydrogens is 256 g/mol. The molecule has 5 heteroatoms. The van der Waals surface area contributed by atoms with Crippen molar-refractivity contribution < 1.29 is 14.7 Å². The van der Waals surface area contributed by atoms with Gasteiger partial charge in [-0.25, -0.2) is 0 Å². The molecule has 0 aromatic heterocycles. The number of amides is 2. The Hall–Kier alpha value is -1.10. The highest BCUT2D eigenvalue weighted by Gasteiger charge is 2.22. The lowest BCUT2D eigenvalue weighted by molar-refractivity contribution is -0.127. The summed E-state index contributed by atoms with van der Waals surface area (Å²) in [7, 11) is 0. The zero-order valence-corrected chi connectivity index (χ0v) is 12.7. The molecule has 0 aromatic carbocycles. The highest BCUT2D eigenvalue weighted by molar-refractivity contribution is 5.81. The zero-order valence-electron chi connectivity index (χ0n) is 12.7. The van der Waals surface area contributed by atoms with Crippen LogP contribution >= 0.6 is 0 Å². The minimum atomic E-state index is -0.404. The summed E-state index contributed by atoms with van der Waals surface area (Å²) in [5, 5.41) is 14.8. The van der Waals surface area contributed by atoms with Gasteiger partial charge in [0.1, 0.15) is 0 Å². The average Bonchev–Trinajstić information content (AvgIpc) is 2.38. The van der Waals surface area contributed by atoms with Crippen LogP contribution in [0.2, 0.25) is 0 Å². The van der Waals surface area contributed by atoms with Gasteiger partial charge in [0.25, 0.3) is 0 Å². The van der Waals surface area contributed by atoms with E-state index >= 15 is 0 Å². The normalized spacial score (nSPS) is 19.1. The van der Waals surface area contributed by atoms with E-state index in [4.69, 9.17) is 5.11 Å². The lowest BCUT2D eigenvalue weighted by atomic mass is 9.88. The van der Waals surface area contributed by atoms with Gasteiger partial charge in [0, 0.05) is 24.9 Å². The van der Waals surface area contributed by atoms with Crippen LogP contribution in [0, 0.1) is 5.92 Å². The molecule has 2 unspecified atom stereocenters. The van der Waals surface area contributed by atoms with Crippen LogP contribution in [0.1, 0.15) is 58.8 Å². The SMILES string of the molecule is CC(O)CCNC(=O)CC(C)NC(=O)C1CCCCC1. The molecule has 0 radical (unpaired) electrons. The topological polar surface area (TPSA) is 78.4 Å². The van der Waals surface area contributed by atoms with Gasteiger partial charge in [-0.1, -0.05) is 19.3 Å². The molecule has 0 aromatic rings. The van der Waals surface area contributed by atoms with Gasteiger partial charge in [0.15, 0.2) is 0 Å². The van der Waals surface area contributed by atoms with Gasteiger partial charge < -0.3 is 15.7 Å². The summed E-state index contributed by atoms with van der Waals surface area (Å²) in [6.45, 7) is 4.02. The van der Waals surface area contributed by atoms with Crippen molar-refractivity contribution in [2.45, 2.75) is 70.9 Å². The molecule has 1 aliphatic carbocycles. The minimum absolute atomic E-state index is 0.0814. The van der Waals surface area contributed by atoms with Crippen molar-refractivity contribution in [3.05, 3.63) is 0 Å². The van der Waals surface area contributed by atoms with Crippen LogP contribution < -0.4 is 10.6 Å². The number of carbonyl (C=O) groups excluding carboxylic acids is 2. The lowest BCUT2D eigenvalue weighted by Gasteiger charge is -2.23. The fraction of sp³-hybridized carbons (Fsp3) is 0.867. The summed E-state index contributed by atoms with van der Waals surface area (Å²) in [6.07, 6.45) is 5.87. The Kier molecular flexibility index (Phi) is 7.59. The van der Waals surface area contributed by atoms with Gasteiger partial charge in [-0.2, -0.15) is 0 Å². The van der Waals surface area contributed by atoms with Crippen LogP contribution in [0.15, 0.2) is 0 Å². The van der Waals surface area contributed by atoms with E-state index in [1.54, 1.807) is 6.92 Å². The van der Waals surface area contributed by atoms with E-state index in [9.17, 15) is 9.59 Å². The predicted octanol–water partition coefficient (Wildman–Crippen LogP) is 1.35. The second-order valence-electron chi connectivity index (χ2n) is 5.94. The molecule has 0 saturated heterocycles. The van der Waals surface area contributed by atoms with Crippen molar-refractivity contribution in [1.82, 2.24) is 10.6 Å². The van der Waals surface area contributed by atoms with Crippen molar-refractivity contribution in [3.8, 4) is 0 Å². The third kappa shape index (κ3) is 6.89. The maximum absolute atomic E-state index is 12.0. The number of hydrogen-bond donors (Lipinski definition) is 3. The van der Waals surface area contributed by atoms with Crippen LogP contribution in [-0.4, -0.2) is 35.6 Å². The van der Waals surface area contributed by atoms with Crippen molar-refractivity contribution in [2.24, 2.45) is 5.92 Å². The largest absolute Gasteiger partial charge is 0.393 e. The number of aliphatic hydroxyl groups excluding tert-OH is 1. The van der Waals surface area contributed by atoms with E-state index in [1.165, 1.54) is 6.42 Å². The monoisotopic (exact) mass is 284 g/mol. The van der Waals surface area contributed by atoms with Gasteiger partial charge in [0.2, 0.25) is 11.8 Å². The summed E-state index contributed by atoms with van der Waals surface area (Å²) >= 11 is 0. The molecule has 1 rings (SSSR count). The number of rotatable bonds is 7. The van der Waals surface area contributed by atoms with E-state index < -0.39 is 6.10 Å². The molecule has 0 heterocycles. The Morgan fingerprint density at radius 2 is 1.85 bits per heavy atom. The average molecular weight is 284 g/mol. The van der Waals surface area contributed by atoms with Gasteiger partial charge in [-0.05, 0) is 33.1 Å². The van der Waals surface area contributed by atoms with E-state index in [2.05, 4.69) is 10.6 Å². The molecular formula is C15H28N2O3. The van der Waals surface area contributed by atoms with E-state index in [1.807, 2.05) is 6.92 Å². The Morgan fingerprint density at radius 3 is 2.45 bits per heavy atom. The van der Waals surface area contributed by atoms with E-state index in [-0.39, 0.29) is 30.2 Å². The van der Waals surface area contributed by atoms with Gasteiger partial charge in [-0.15, -0.1) is 0 Å². The molecule has 1 fully saturated rings. The third-order valence-corrected chi connectivity index (χ3v) is 3.74. The quantitative estimate of drug-likeness (QED) is 0.660. The smallest absolute Gasteiger partial charge is 0.223 e. The second-order valence-corrected chi connectivity index (χ2v) is 5.94. The highest BCUT2D eigenvalue weighted by atomic mass is 16.3. The lowest BCUT2D eigenvalue weighted by Crippen LogP contribution is -2.41. The molecule has 0 spiro atoms. The summed E-state index contributed by atoms with van der Waals surface area (Å²) in [5.41, 5.74) is 0. The van der Waals surface area contributed by atoms with Crippen LogP contribution in [0.4, 0.5) is 0 Å². The van der Waals surface area contributed by atoms with Gasteiger partial charge >= 0.3 is 0 Å². The number of hydrogen-bond acceptors (Lipinski definition) is 3. The molecule has 1 saturated carbocycles. The Morgan fingerprint density at radius 1 is 1.20 bits per heavy atom. The maximum atomic E-state index is 12.0. The number of carbonyl (C=O) groups is 2. The van der Waals surface area contributed by atoms with Crippen molar-refractivity contribution in [1.29, 1.82) is 0 Å². The fourth-order valence-electron chi connectivity index (χ4n) is 2.55. The maximum Gasteiger partial charge on any atom is 0.223 e. The molecule has 116 valence electrons. The van der Waals surface area contributed by atoms with Crippen LogP contribution in [0.5, 0.6) is 0 Å². The molecule has 20 heavy (non-hydrogen) atoms. The molecule has 2 amide bonds. The molecule has 5 nitrogen and oxygen atoms in total. The van der Waals surface area contributed by atoms with Crippen molar-refractivity contribution >= 4 is 11.8 Å². The first-order valence-electron chi connectivity index (χ1n) is 7.74. The molecule has 0 bridgehead atoms. The van der Waals surface area contributed by atoms with Crippen LogP contribution in [-0.2, 0) is 9.59 Å². The molecule has 3 N–H and O–H groups in total. The first-order valence-corrected chi connectivity index (χ1v) is 7.74. The first-order chi connectivity index (χ1) is 9.49. The van der Waals surface area contributed by atoms with Crippen molar-refractivity contribution in [3.63, 3.8) is 0 Å². The molecule has 0 aliphatic heterocycles. The van der Waals surface area contributed by atoms with Gasteiger partial charge in [-0.3, -0.25) is 9.59 Å². The molecule has 1 aliphatic rings. The number of aliphatic hydroxyl groups is 1. The summed E-state index contributed by atoms with van der Waals surface area (Å²) < 4.78 is 0. The van der Waals surface area contributed by atoms with Crippen LogP contribution in [0.25, 0.3) is 0 Å². The minimum Gasteiger partial charge on any atom is -0.393 e. The Balaban J connectivity index is 2.19. The highest BCUT2D eigenvalue weighted by Crippen LogP contribution is 2.23. The Labute approximate surface area is 121 Å².